The summed E-state index contributed by atoms with van der Waals surface area (Å²) >= 11 is 6.11. The Morgan fingerprint density at radius 2 is 1.81 bits per heavy atom. The van der Waals surface area contributed by atoms with Gasteiger partial charge in [0.05, 0.1) is 24.9 Å². The summed E-state index contributed by atoms with van der Waals surface area (Å²) in [6.45, 7) is 3.82. The Kier molecular flexibility index (Phi) is 6.03. The molecular formula is C19H23ClN4O3. The maximum absolute atomic E-state index is 12.7. The van der Waals surface area contributed by atoms with Crippen LogP contribution in [0.3, 0.4) is 0 Å². The number of methoxy groups -OCH3 is 2. The van der Waals surface area contributed by atoms with E-state index < -0.39 is 0 Å². The van der Waals surface area contributed by atoms with E-state index in [2.05, 4.69) is 27.1 Å². The minimum atomic E-state index is -0.325. The number of benzene rings is 1. The molecule has 0 saturated carbocycles. The second kappa shape index (κ2) is 8.45. The quantitative estimate of drug-likeness (QED) is 0.846. The number of halogens is 1. The Balaban J connectivity index is 1.80. The van der Waals surface area contributed by atoms with Crippen LogP contribution in [0.4, 0.5) is 11.4 Å². The monoisotopic (exact) mass is 390 g/mol. The van der Waals surface area contributed by atoms with Crippen LogP contribution in [0.2, 0.25) is 5.02 Å². The van der Waals surface area contributed by atoms with Crippen molar-refractivity contribution >= 4 is 28.9 Å². The fourth-order valence-electron chi connectivity index (χ4n) is 2.95. The highest BCUT2D eigenvalue weighted by Crippen LogP contribution is 2.36. The summed E-state index contributed by atoms with van der Waals surface area (Å²) in [5.74, 6) is 0.574. The Hall–Kier alpha value is -2.51. The highest BCUT2D eigenvalue weighted by Gasteiger charge is 2.18. The number of pyridine rings is 1. The molecule has 0 unspecified atom stereocenters. The molecule has 1 fully saturated rings. The van der Waals surface area contributed by atoms with E-state index in [9.17, 15) is 4.79 Å². The highest BCUT2D eigenvalue weighted by atomic mass is 35.5. The number of carbonyl (C=O) groups is 1. The molecule has 2 heterocycles. The van der Waals surface area contributed by atoms with E-state index in [1.54, 1.807) is 24.4 Å². The van der Waals surface area contributed by atoms with Gasteiger partial charge in [0.25, 0.3) is 5.91 Å². The third-order valence-electron chi connectivity index (χ3n) is 4.57. The van der Waals surface area contributed by atoms with Gasteiger partial charge < -0.3 is 24.6 Å². The van der Waals surface area contributed by atoms with Crippen molar-refractivity contribution in [1.82, 2.24) is 9.88 Å². The molecule has 1 aliphatic rings. The summed E-state index contributed by atoms with van der Waals surface area (Å²) in [4.78, 5) is 21.5. The van der Waals surface area contributed by atoms with Gasteiger partial charge in [-0.2, -0.15) is 0 Å². The zero-order valence-electron chi connectivity index (χ0n) is 15.7. The lowest BCUT2D eigenvalue weighted by Crippen LogP contribution is -2.44. The number of amides is 1. The number of hydrogen-bond acceptors (Lipinski definition) is 6. The lowest BCUT2D eigenvalue weighted by atomic mass is 10.2. The molecule has 0 spiro atoms. The number of aromatic nitrogens is 1. The third kappa shape index (κ3) is 4.43. The summed E-state index contributed by atoms with van der Waals surface area (Å²) in [6, 6.07) is 6.96. The van der Waals surface area contributed by atoms with Gasteiger partial charge in [0, 0.05) is 50.2 Å². The van der Waals surface area contributed by atoms with E-state index in [1.165, 1.54) is 14.2 Å². The summed E-state index contributed by atoms with van der Waals surface area (Å²) in [7, 11) is 5.14. The van der Waals surface area contributed by atoms with Gasteiger partial charge in [-0.05, 0) is 19.2 Å². The van der Waals surface area contributed by atoms with Gasteiger partial charge in [0.2, 0.25) is 0 Å². The fraction of sp³-hybridized carbons (Fsp3) is 0.368. The molecule has 1 saturated heterocycles. The van der Waals surface area contributed by atoms with Gasteiger partial charge in [-0.3, -0.25) is 9.78 Å². The zero-order valence-corrected chi connectivity index (χ0v) is 16.4. The van der Waals surface area contributed by atoms with Crippen LogP contribution in [-0.4, -0.2) is 63.2 Å². The van der Waals surface area contributed by atoms with Crippen molar-refractivity contribution in [1.29, 1.82) is 0 Å². The largest absolute Gasteiger partial charge is 0.495 e. The normalized spacial score (nSPS) is 14.7. The Morgan fingerprint density at radius 3 is 2.48 bits per heavy atom. The molecule has 0 bridgehead atoms. The highest BCUT2D eigenvalue weighted by molar-refractivity contribution is 6.32. The van der Waals surface area contributed by atoms with Gasteiger partial charge in [0.1, 0.15) is 17.2 Å². The van der Waals surface area contributed by atoms with E-state index in [1.807, 2.05) is 6.07 Å². The standard InChI is InChI=1S/C19H23ClN4O3/c1-23-6-8-24(9-7-23)13-4-5-21-16(10-13)19(25)22-15-12-17(26-2)14(20)11-18(15)27-3/h4-5,10-12H,6-9H2,1-3H3,(H,22,25). The van der Waals surface area contributed by atoms with Gasteiger partial charge in [-0.25, -0.2) is 0 Å². The first-order valence-electron chi connectivity index (χ1n) is 8.64. The van der Waals surface area contributed by atoms with Gasteiger partial charge in [-0.15, -0.1) is 0 Å². The van der Waals surface area contributed by atoms with Crippen LogP contribution in [0.15, 0.2) is 30.5 Å². The van der Waals surface area contributed by atoms with E-state index in [-0.39, 0.29) is 5.91 Å². The van der Waals surface area contributed by atoms with Crippen LogP contribution in [0.1, 0.15) is 10.5 Å². The molecule has 7 nitrogen and oxygen atoms in total. The number of rotatable bonds is 5. The maximum Gasteiger partial charge on any atom is 0.274 e. The van der Waals surface area contributed by atoms with Crippen molar-refractivity contribution in [3.05, 3.63) is 41.2 Å². The molecule has 1 aromatic carbocycles. The molecule has 0 aliphatic carbocycles. The minimum Gasteiger partial charge on any atom is -0.495 e. The lowest BCUT2D eigenvalue weighted by molar-refractivity contribution is 0.102. The van der Waals surface area contributed by atoms with Gasteiger partial charge in [-0.1, -0.05) is 11.6 Å². The average Bonchev–Trinajstić information content (AvgIpc) is 2.69. The van der Waals surface area contributed by atoms with E-state index >= 15 is 0 Å². The van der Waals surface area contributed by atoms with Crippen LogP contribution in [0.25, 0.3) is 0 Å². The van der Waals surface area contributed by atoms with Crippen molar-refractivity contribution in [3.8, 4) is 11.5 Å². The van der Waals surface area contributed by atoms with E-state index in [0.717, 1.165) is 31.9 Å². The topological polar surface area (TPSA) is 66.9 Å². The molecule has 0 radical (unpaired) electrons. The average molecular weight is 391 g/mol. The Morgan fingerprint density at radius 1 is 1.11 bits per heavy atom. The number of anilines is 2. The molecule has 0 atom stereocenters. The first-order chi connectivity index (χ1) is 13.0. The van der Waals surface area contributed by atoms with Crippen molar-refractivity contribution in [3.63, 3.8) is 0 Å². The predicted molar refractivity (Wildman–Crippen MR) is 106 cm³/mol. The summed E-state index contributed by atoms with van der Waals surface area (Å²) < 4.78 is 10.5. The van der Waals surface area contributed by atoms with Crippen molar-refractivity contribution in [2.45, 2.75) is 0 Å². The molecule has 3 rings (SSSR count). The summed E-state index contributed by atoms with van der Waals surface area (Å²) in [6.07, 6.45) is 1.66. The number of hydrogen-bond donors (Lipinski definition) is 1. The van der Waals surface area contributed by atoms with Crippen LogP contribution in [0.5, 0.6) is 11.5 Å². The smallest absolute Gasteiger partial charge is 0.274 e. The molecule has 8 heteroatoms. The maximum atomic E-state index is 12.7. The zero-order chi connectivity index (χ0) is 19.4. The van der Waals surface area contributed by atoms with Crippen LogP contribution < -0.4 is 19.7 Å². The Labute approximate surface area is 163 Å². The summed E-state index contributed by atoms with van der Waals surface area (Å²) in [5, 5.41) is 3.23. The van der Waals surface area contributed by atoms with Crippen LogP contribution in [0, 0.1) is 0 Å². The number of ether oxygens (including phenoxy) is 2. The van der Waals surface area contributed by atoms with Crippen LogP contribution in [-0.2, 0) is 0 Å². The number of nitrogens with one attached hydrogen (secondary N) is 1. The third-order valence-corrected chi connectivity index (χ3v) is 4.86. The molecule has 1 aromatic heterocycles. The summed E-state index contributed by atoms with van der Waals surface area (Å²) in [5.41, 5.74) is 1.79. The van der Waals surface area contributed by atoms with Crippen LogP contribution >= 0.6 is 11.6 Å². The molecule has 144 valence electrons. The van der Waals surface area contributed by atoms with Crippen molar-refractivity contribution in [2.75, 3.05) is 57.7 Å². The number of nitrogens with zero attached hydrogens (tertiary/aromatic N) is 3. The molecule has 1 N–H and O–H groups in total. The second-order valence-electron chi connectivity index (χ2n) is 6.33. The molecule has 1 amide bonds. The van der Waals surface area contributed by atoms with Crippen molar-refractivity contribution in [2.24, 2.45) is 0 Å². The fourth-order valence-corrected chi connectivity index (χ4v) is 3.18. The van der Waals surface area contributed by atoms with Gasteiger partial charge in [0.15, 0.2) is 0 Å². The molecule has 27 heavy (non-hydrogen) atoms. The number of piperazine rings is 1. The number of carbonyl (C=O) groups excluding carboxylic acids is 1. The van der Waals surface area contributed by atoms with Gasteiger partial charge >= 0.3 is 0 Å². The lowest BCUT2D eigenvalue weighted by Gasteiger charge is -2.34. The molecular weight excluding hydrogens is 368 g/mol. The SMILES string of the molecule is COc1cc(NC(=O)c2cc(N3CCN(C)CC3)ccn2)c(OC)cc1Cl. The molecule has 1 aliphatic heterocycles. The predicted octanol–water partition coefficient (Wildman–Crippen LogP) is 2.76. The van der Waals surface area contributed by atoms with Crippen molar-refractivity contribution < 1.29 is 14.3 Å². The van der Waals surface area contributed by atoms with E-state index in [0.29, 0.717) is 27.9 Å². The second-order valence-corrected chi connectivity index (χ2v) is 6.74. The first-order valence-corrected chi connectivity index (χ1v) is 9.02. The Bertz CT molecular complexity index is 823. The number of likely N-dealkylation sites (N-methyl/N-ethyl adjacent to an activating group) is 1. The van der Waals surface area contributed by atoms with E-state index in [4.69, 9.17) is 21.1 Å². The minimum absolute atomic E-state index is 0.325. The first kappa shape index (κ1) is 19.3. The molecule has 2 aromatic rings.